The van der Waals surface area contributed by atoms with E-state index >= 15 is 0 Å². The number of aryl methyl sites for hydroxylation is 2. The number of amides is 1. The van der Waals surface area contributed by atoms with Crippen molar-refractivity contribution in [3.8, 4) is 11.6 Å². The number of nitrogens with two attached hydrogens (primary N) is 1. The maximum absolute atomic E-state index is 13.6. The number of aromatic hydroxyl groups is 1. The Kier molecular flexibility index (Phi) is 17.2. The van der Waals surface area contributed by atoms with E-state index in [1.54, 1.807) is 39.2 Å². The number of phenols is 1. The van der Waals surface area contributed by atoms with Gasteiger partial charge in [0.25, 0.3) is 11.8 Å². The molecule has 5 aliphatic carbocycles. The molecule has 383 valence electrons. The van der Waals surface area contributed by atoms with Crippen LogP contribution in [0.3, 0.4) is 0 Å². The maximum atomic E-state index is 13.6. The minimum atomic E-state index is -2.62. The molecule has 1 heterocycles. The standard InChI is InChI=1S/C22H24N2O7.C21H22N2O5P.C11H14O.Y/c1-8-9-5-4-6-12(25)13(9)17(26)14-10(8)7-11-16(24(2)3)18(27)15(21(23)30)20(29)22(11,31)19(14)28;1-12-9-10-14(24)21(28-29)16(12)17(23(2)3)18-15(19(21)25)20(22-27-18)26-11-13-7-5-4-6-8-13;1-4-10-7-5-6-8(2)11(10)9(3)12;/h4-6,8,10-11,16,25-26,29,31H,7H2,1-3H3,(H2,23,30);4-9,12,16-17H,11,29H2,1-3H3;5-7H,4H2,1-3H3;/q;-1;;/t8-,10+,11-,16-,22-;12-,16-,17-,21+;;/m00../s1. The van der Waals surface area contributed by atoms with Gasteiger partial charge in [-0.15, -0.1) is 0 Å². The third-order valence-corrected chi connectivity index (χ3v) is 15.1. The summed E-state index contributed by atoms with van der Waals surface area (Å²) in [6.07, 6.45) is 5.37. The smallest absolute Gasteiger partial charge is 0.265 e. The molecule has 0 aliphatic heterocycles. The number of Topliss-reactive ketones (excluding diaryl/α,β-unsaturated/α-hetero) is 5. The van der Waals surface area contributed by atoms with Crippen LogP contribution in [-0.4, -0.2) is 116 Å². The second-order valence-corrected chi connectivity index (χ2v) is 19.6. The van der Waals surface area contributed by atoms with E-state index in [1.165, 1.54) is 11.0 Å². The number of hydrogen-bond donors (Lipinski definition) is 5. The van der Waals surface area contributed by atoms with Gasteiger partial charge in [-0.1, -0.05) is 81.4 Å². The van der Waals surface area contributed by atoms with E-state index in [4.69, 9.17) is 19.5 Å². The number of allylic oxidation sites excluding steroid dienone is 1. The Morgan fingerprint density at radius 1 is 0.918 bits per heavy atom. The number of ketones is 5. The molecule has 73 heavy (non-hydrogen) atoms. The summed E-state index contributed by atoms with van der Waals surface area (Å²) in [6.45, 7) is 9.65. The van der Waals surface area contributed by atoms with Crippen LogP contribution in [0.5, 0.6) is 11.6 Å². The van der Waals surface area contributed by atoms with Crippen molar-refractivity contribution in [3.63, 3.8) is 0 Å². The average Bonchev–Trinajstić information content (AvgIpc) is 3.76. The zero-order valence-corrected chi connectivity index (χ0v) is 46.1. The number of ether oxygens (including phenoxy) is 1. The monoisotopic (exact) mass is 1090 g/mol. The second kappa shape index (κ2) is 22.1. The summed E-state index contributed by atoms with van der Waals surface area (Å²) in [7, 11) is 8.95. The van der Waals surface area contributed by atoms with E-state index in [1.807, 2.05) is 88.3 Å². The van der Waals surface area contributed by atoms with Crippen LogP contribution in [0.15, 0.2) is 94.2 Å². The molecule has 9 rings (SSSR count). The maximum Gasteiger partial charge on any atom is 0.265 e. The Morgan fingerprint density at radius 3 is 2.14 bits per heavy atom. The number of aromatic nitrogens is 1. The molecule has 5 aliphatic rings. The molecule has 17 nitrogen and oxygen atoms in total. The Hall–Kier alpha value is -5.52. The fourth-order valence-electron chi connectivity index (χ4n) is 11.3. The molecule has 0 saturated heterocycles. The third-order valence-electron chi connectivity index (χ3n) is 14.7. The van der Waals surface area contributed by atoms with Gasteiger partial charge < -0.3 is 50.8 Å². The van der Waals surface area contributed by atoms with Gasteiger partial charge >= 0.3 is 0 Å². The van der Waals surface area contributed by atoms with Gasteiger partial charge in [0, 0.05) is 70.9 Å². The number of likely N-dealkylation sites (N-methyl/N-ethyl adjacent to an activating group) is 1. The zero-order valence-electron chi connectivity index (χ0n) is 42.1. The second-order valence-electron chi connectivity index (χ2n) is 19.3. The van der Waals surface area contributed by atoms with E-state index in [0.717, 1.165) is 28.7 Å². The number of carbonyl (C=O) groups excluding carboxylic acids is 6. The van der Waals surface area contributed by atoms with E-state index in [-0.39, 0.29) is 91.7 Å². The molecular weight excluding hydrogens is 1030 g/mol. The molecule has 0 spiro atoms. The number of benzene rings is 3. The van der Waals surface area contributed by atoms with E-state index < -0.39 is 87.2 Å². The predicted molar refractivity (Wildman–Crippen MR) is 267 cm³/mol. The van der Waals surface area contributed by atoms with E-state index in [9.17, 15) is 49.2 Å². The number of rotatable bonds is 9. The van der Waals surface area contributed by atoms with Gasteiger partial charge in [-0.2, -0.15) is 0 Å². The molecule has 6 N–H and O–H groups in total. The van der Waals surface area contributed by atoms with E-state index in [0.29, 0.717) is 11.3 Å². The quantitative estimate of drug-likeness (QED) is 0.0419. The Bertz CT molecular complexity index is 2970. The summed E-state index contributed by atoms with van der Waals surface area (Å²) in [5.41, 5.74) is 4.93. The minimum Gasteiger partial charge on any atom is -0.508 e. The molecular formula is C54H60N4O13PY-. The Balaban J connectivity index is 0.000000193. The van der Waals surface area contributed by atoms with Crippen molar-refractivity contribution in [2.45, 2.75) is 83.3 Å². The molecule has 10 atom stereocenters. The number of nitrogens with zero attached hydrogens (tertiary/aromatic N) is 3. The number of hydrogen-bond acceptors (Lipinski definition) is 16. The Morgan fingerprint density at radius 2 is 1.56 bits per heavy atom. The summed E-state index contributed by atoms with van der Waals surface area (Å²) < 4.78 is 17.0. The molecule has 1 fully saturated rings. The topological polar surface area (TPSA) is 260 Å². The van der Waals surface area contributed by atoms with Crippen LogP contribution in [0.1, 0.15) is 100 Å². The number of aliphatic hydroxyl groups is 3. The Labute approximate surface area is 451 Å². The zero-order chi connectivity index (χ0) is 52.9. The molecule has 3 aromatic carbocycles. The van der Waals surface area contributed by atoms with Crippen LogP contribution in [0.4, 0.5) is 0 Å². The van der Waals surface area contributed by atoms with Crippen LogP contribution in [0.25, 0.3) is 5.76 Å². The average molecular weight is 1090 g/mol. The van der Waals surface area contributed by atoms with Crippen molar-refractivity contribution in [2.75, 3.05) is 28.2 Å². The van der Waals surface area contributed by atoms with Crippen LogP contribution in [-0.2, 0) is 69.4 Å². The normalized spacial score (nSPS) is 26.8. The first kappa shape index (κ1) is 56.8. The summed E-state index contributed by atoms with van der Waals surface area (Å²) in [5.74, 6) is -7.84. The number of phenolic OH excluding ortho intramolecular Hbond substituents is 1. The third kappa shape index (κ3) is 9.51. The largest absolute Gasteiger partial charge is 0.508 e. The summed E-state index contributed by atoms with van der Waals surface area (Å²) in [6, 6.07) is 18.8. The first-order valence-electron chi connectivity index (χ1n) is 23.5. The van der Waals surface area contributed by atoms with Crippen LogP contribution in [0, 0.1) is 36.7 Å². The molecule has 19 heteroatoms. The van der Waals surface area contributed by atoms with Crippen LogP contribution < -0.4 is 10.5 Å². The SMILES string of the molecule is CCc1cccc(C)c1C(C)=O.C[C@H]1C=[C-]C(=O)[C@]2(OP)C(=O)c3c(OCc4ccccc4)noc3[C@@H](N(C)C)[C@H]12.C[C@H]1c2cccc(O)c2C(O)=C2C(=O)[C@]3(O)C(O)=C(C(N)=O)C(=O)[C@@H](N(C)C)[C@@H]3C[C@@H]21.[Y]. The minimum absolute atomic E-state index is 0. The number of primary amides is 1. The van der Waals surface area contributed by atoms with Gasteiger partial charge in [-0.05, 0) is 106 Å². The van der Waals surface area contributed by atoms with E-state index in [2.05, 4.69) is 27.6 Å². The van der Waals surface area contributed by atoms with Crippen molar-refractivity contribution in [1.82, 2.24) is 15.0 Å². The van der Waals surface area contributed by atoms with Gasteiger partial charge in [-0.25, -0.2) is 0 Å². The summed E-state index contributed by atoms with van der Waals surface area (Å²) in [4.78, 5) is 79.7. The van der Waals surface area contributed by atoms with Gasteiger partial charge in [0.2, 0.25) is 11.6 Å². The predicted octanol–water partition coefficient (Wildman–Crippen LogP) is 6.08. The fraction of sp³-hybridized carbons (Fsp3) is 0.389. The van der Waals surface area contributed by atoms with Gasteiger partial charge in [-0.3, -0.25) is 39.8 Å². The number of aliphatic hydroxyl groups excluding tert-OH is 2. The van der Waals surface area contributed by atoms with Crippen molar-refractivity contribution in [3.05, 3.63) is 140 Å². The molecule has 1 amide bonds. The number of carbonyl (C=O) groups is 6. The van der Waals surface area contributed by atoms with Gasteiger partial charge in [0.15, 0.2) is 28.5 Å². The molecule has 0 bridgehead atoms. The first-order valence-corrected chi connectivity index (χ1v) is 23.9. The number of fused-ring (bicyclic) bond motifs is 5. The molecule has 1 saturated carbocycles. The van der Waals surface area contributed by atoms with Gasteiger partial charge in [0.05, 0.1) is 17.6 Å². The molecule has 1 unspecified atom stereocenters. The molecule has 1 radical (unpaired) electrons. The van der Waals surface area contributed by atoms with Crippen molar-refractivity contribution < 1.29 is 95.7 Å². The summed E-state index contributed by atoms with van der Waals surface area (Å²) >= 11 is 0. The van der Waals surface area contributed by atoms with Crippen LogP contribution >= 0.6 is 9.47 Å². The van der Waals surface area contributed by atoms with Crippen molar-refractivity contribution in [1.29, 1.82) is 0 Å². The first-order chi connectivity index (χ1) is 34.0. The fourth-order valence-corrected chi connectivity index (χ4v) is 11.7. The van der Waals surface area contributed by atoms with Gasteiger partial charge in [0.1, 0.15) is 35.0 Å². The molecule has 1 aromatic heterocycles. The van der Waals surface area contributed by atoms with Crippen molar-refractivity contribution in [2.24, 2.45) is 29.4 Å². The van der Waals surface area contributed by atoms with Crippen molar-refractivity contribution >= 4 is 50.0 Å². The van der Waals surface area contributed by atoms with Crippen LogP contribution in [0.2, 0.25) is 0 Å². The molecule has 4 aromatic rings. The summed E-state index contributed by atoms with van der Waals surface area (Å²) in [5, 5.41) is 47.5.